The van der Waals surface area contributed by atoms with Crippen molar-refractivity contribution in [3.05, 3.63) is 11.8 Å². The number of carbonyl (C=O) groups excluding carboxylic acids is 6. The van der Waals surface area contributed by atoms with Crippen molar-refractivity contribution in [3.8, 4) is 0 Å². The second-order valence-electron chi connectivity index (χ2n) is 14.4. The van der Waals surface area contributed by atoms with Gasteiger partial charge in [0.05, 0.1) is 0 Å². The van der Waals surface area contributed by atoms with Crippen molar-refractivity contribution >= 4 is 35.6 Å². The molecule has 0 spiro atoms. The summed E-state index contributed by atoms with van der Waals surface area (Å²) in [5.74, 6) is 1.76. The van der Waals surface area contributed by atoms with Gasteiger partial charge in [-0.3, -0.25) is 4.79 Å². The van der Waals surface area contributed by atoms with Crippen molar-refractivity contribution < 1.29 is 108 Å². The number of carbonyl (C=O) groups is 6. The average Bonchev–Trinajstić information content (AvgIpc) is 2.91. The second kappa shape index (κ2) is 27.4. The van der Waals surface area contributed by atoms with Crippen LogP contribution in [-0.2, 0) is 94.0 Å². The van der Waals surface area contributed by atoms with Gasteiger partial charge in [0.1, 0.15) is 22.8 Å². The zero-order chi connectivity index (χ0) is 37.0. The monoisotopic (exact) mass is 847 g/mol. The normalized spacial score (nSPS) is 11.4. The molecule has 0 heterocycles. The molecule has 3 N–H and O–H groups in total. The topological polar surface area (TPSA) is 166 Å². The van der Waals surface area contributed by atoms with Crippen LogP contribution in [0.5, 0.6) is 0 Å². The van der Waals surface area contributed by atoms with Crippen LogP contribution >= 0.6 is 0 Å². The Labute approximate surface area is 346 Å². The number of Topliss-reactive ketones (excluding diaryl/α,β-unsaturated/α-hetero) is 3. The molecular weight excluding hydrogens is 784 g/mol. The molecule has 1 atom stereocenters. The Morgan fingerprint density at radius 3 is 1.35 bits per heavy atom. The van der Waals surface area contributed by atoms with Crippen LogP contribution in [0.15, 0.2) is 0 Å². The molecule has 0 fully saturated rings. The summed E-state index contributed by atoms with van der Waals surface area (Å²) in [5, 5.41) is 7.66. The van der Waals surface area contributed by atoms with E-state index in [1.165, 1.54) is 0 Å². The zero-order valence-corrected chi connectivity index (χ0v) is 38.2. The first-order valence-corrected chi connectivity index (χ1v) is 16.6. The third kappa shape index (κ3) is 33.7. The molecular formula is C35H63N3O9Y2-2. The van der Waals surface area contributed by atoms with Gasteiger partial charge in [0, 0.05) is 96.5 Å². The number of amides is 3. The molecule has 0 bridgehead atoms. The fourth-order valence-electron chi connectivity index (χ4n) is 3.53. The van der Waals surface area contributed by atoms with Crippen molar-refractivity contribution in [1.82, 2.24) is 16.0 Å². The standard InChI is InChI=1S/C22H39N2O6.C13H24NO3.2Y/c1-9-15(2)17(25)12-10-11-13-18(26)16(24-20(28)30-22(6,7)8)14-23-19(27)29-21(3,4)5;1-6-10(2)11(15)8-7-9-14-12(16)17-13(3,4)5;;/h16H,9-14H2,1-8H3,(H,23,27)(H,24,28);6-9H2,1-5H3,(H,14,16);;/q2*-1;;. The summed E-state index contributed by atoms with van der Waals surface area (Å²) < 4.78 is 15.4. The van der Waals surface area contributed by atoms with Crippen LogP contribution in [0, 0.1) is 11.8 Å². The van der Waals surface area contributed by atoms with E-state index in [4.69, 9.17) is 14.2 Å². The van der Waals surface area contributed by atoms with Gasteiger partial charge in [0.2, 0.25) is 0 Å². The van der Waals surface area contributed by atoms with Crippen LogP contribution < -0.4 is 16.0 Å². The third-order valence-electron chi connectivity index (χ3n) is 6.27. The Kier molecular flexibility index (Phi) is 30.5. The summed E-state index contributed by atoms with van der Waals surface area (Å²) in [4.78, 5) is 71.2. The zero-order valence-electron chi connectivity index (χ0n) is 32.5. The maximum absolute atomic E-state index is 12.6. The van der Waals surface area contributed by atoms with Crippen LogP contribution in [0.1, 0.15) is 141 Å². The molecule has 12 nitrogen and oxygen atoms in total. The number of alkyl carbamates (subject to hydrolysis) is 3. The van der Waals surface area contributed by atoms with Gasteiger partial charge in [-0.1, -0.05) is 13.8 Å². The molecule has 0 aromatic rings. The summed E-state index contributed by atoms with van der Waals surface area (Å²) in [6.07, 6.45) is 2.46. The van der Waals surface area contributed by atoms with Crippen LogP contribution in [-0.4, -0.2) is 71.6 Å². The molecule has 280 valence electrons. The number of unbranched alkanes of at least 4 members (excludes halogenated alkanes) is 1. The quantitative estimate of drug-likeness (QED) is 0.0797. The summed E-state index contributed by atoms with van der Waals surface area (Å²) in [6.45, 7) is 23.7. The van der Waals surface area contributed by atoms with Crippen molar-refractivity contribution in [2.45, 2.75) is 164 Å². The maximum atomic E-state index is 12.6. The second-order valence-corrected chi connectivity index (χ2v) is 14.4. The van der Waals surface area contributed by atoms with E-state index in [1.807, 2.05) is 48.5 Å². The van der Waals surface area contributed by atoms with E-state index >= 15 is 0 Å². The Balaban J connectivity index is -0.000000456. The predicted molar refractivity (Wildman–Crippen MR) is 183 cm³/mol. The van der Waals surface area contributed by atoms with E-state index in [9.17, 15) is 28.8 Å². The molecule has 0 saturated carbocycles. The molecule has 3 amide bonds. The molecule has 0 rings (SSSR count). The number of ether oxygens (including phenoxy) is 3. The van der Waals surface area contributed by atoms with Crippen LogP contribution in [0.25, 0.3) is 0 Å². The SMILES string of the molecule is CC[C-](C)C(=O)CCCCC(=O)C(CNC(=O)OC(C)(C)C)NC(=O)OC(C)(C)C.CC[C-](C)C(=O)CCCNC(=O)OC(C)(C)C.[Y].[Y]. The summed E-state index contributed by atoms with van der Waals surface area (Å²) >= 11 is 0. The Morgan fingerprint density at radius 2 is 0.939 bits per heavy atom. The summed E-state index contributed by atoms with van der Waals surface area (Å²) in [5.41, 5.74) is -1.88. The van der Waals surface area contributed by atoms with E-state index in [1.54, 1.807) is 41.5 Å². The molecule has 0 aromatic carbocycles. The van der Waals surface area contributed by atoms with Gasteiger partial charge in [0.25, 0.3) is 0 Å². The van der Waals surface area contributed by atoms with Crippen LogP contribution in [0.3, 0.4) is 0 Å². The number of rotatable bonds is 17. The van der Waals surface area contributed by atoms with E-state index in [2.05, 4.69) is 16.0 Å². The first kappa shape index (κ1) is 54.5. The summed E-state index contributed by atoms with van der Waals surface area (Å²) in [7, 11) is 0. The molecule has 0 aliphatic rings. The first-order chi connectivity index (χ1) is 21.4. The van der Waals surface area contributed by atoms with Crippen molar-refractivity contribution in [2.75, 3.05) is 13.1 Å². The molecule has 0 aromatic heterocycles. The van der Waals surface area contributed by atoms with Gasteiger partial charge >= 0.3 is 18.3 Å². The van der Waals surface area contributed by atoms with Gasteiger partial charge in [-0.05, 0) is 94.4 Å². The molecule has 0 aliphatic heterocycles. The minimum atomic E-state index is -0.952. The number of hydrogen-bond donors (Lipinski definition) is 3. The first-order valence-electron chi connectivity index (χ1n) is 16.6. The Hall–Kier alpha value is -1.23. The molecule has 49 heavy (non-hydrogen) atoms. The smallest absolute Gasteiger partial charge is 0.408 e. The third-order valence-corrected chi connectivity index (χ3v) is 6.27. The van der Waals surface area contributed by atoms with Gasteiger partial charge in [-0.15, -0.1) is 0 Å². The van der Waals surface area contributed by atoms with Crippen LogP contribution in [0.4, 0.5) is 14.4 Å². The fourth-order valence-corrected chi connectivity index (χ4v) is 3.53. The van der Waals surface area contributed by atoms with Crippen molar-refractivity contribution in [3.63, 3.8) is 0 Å². The molecule has 0 aliphatic carbocycles. The van der Waals surface area contributed by atoms with Crippen molar-refractivity contribution in [1.29, 1.82) is 0 Å². The van der Waals surface area contributed by atoms with Gasteiger partial charge in [0.15, 0.2) is 5.78 Å². The summed E-state index contributed by atoms with van der Waals surface area (Å²) in [6, 6.07) is -0.952. The Bertz CT molecular complexity index is 1000. The van der Waals surface area contributed by atoms with Gasteiger partial charge in [-0.25, -0.2) is 14.4 Å². The minimum Gasteiger partial charge on any atom is -0.444 e. The number of hydrogen-bond acceptors (Lipinski definition) is 9. The Morgan fingerprint density at radius 1 is 0.571 bits per heavy atom. The molecule has 14 heteroatoms. The number of ketones is 3. The van der Waals surface area contributed by atoms with Gasteiger partial charge in [-0.2, -0.15) is 26.7 Å². The van der Waals surface area contributed by atoms with Crippen molar-refractivity contribution in [2.24, 2.45) is 0 Å². The van der Waals surface area contributed by atoms with Crippen LogP contribution in [0.2, 0.25) is 0 Å². The average molecular weight is 848 g/mol. The predicted octanol–water partition coefficient (Wildman–Crippen LogP) is 6.97. The number of nitrogens with one attached hydrogen (secondary N) is 3. The molecule has 1 unspecified atom stereocenters. The van der Waals surface area contributed by atoms with E-state index in [0.717, 1.165) is 24.7 Å². The van der Waals surface area contributed by atoms with Gasteiger partial charge < -0.3 is 51.6 Å². The maximum Gasteiger partial charge on any atom is 0.408 e. The van der Waals surface area contributed by atoms with E-state index in [-0.39, 0.29) is 95.7 Å². The minimum absolute atomic E-state index is 0. The fraction of sp³-hybridized carbons (Fsp3) is 0.771. The van der Waals surface area contributed by atoms with E-state index < -0.39 is 41.1 Å². The molecule has 0 saturated heterocycles. The largest absolute Gasteiger partial charge is 0.444 e. The molecule has 2 radical (unpaired) electrons. The van der Waals surface area contributed by atoms with E-state index in [0.29, 0.717) is 38.6 Å².